The molecule has 0 radical (unpaired) electrons. The first-order valence-electron chi connectivity index (χ1n) is 15.9. The van der Waals surface area contributed by atoms with Crippen LogP contribution >= 0.6 is 22.7 Å². The van der Waals surface area contributed by atoms with Crippen molar-refractivity contribution in [1.29, 1.82) is 0 Å². The minimum Gasteiger partial charge on any atom is -0.494 e. The number of aromatic nitrogens is 1. The number of esters is 1. The van der Waals surface area contributed by atoms with E-state index in [2.05, 4.69) is 66.9 Å². The average molecular weight is 645 g/mol. The normalized spacial score (nSPS) is 16.4. The number of thiophene rings is 1. The zero-order valence-corrected chi connectivity index (χ0v) is 28.9. The number of piperidine rings is 1. The number of hydrogen-bond donors (Lipinski definition) is 0. The number of azo groups is 1. The molecule has 3 heterocycles. The first kappa shape index (κ1) is 32.8. The van der Waals surface area contributed by atoms with Gasteiger partial charge in [-0.3, -0.25) is 0 Å². The van der Waals surface area contributed by atoms with Crippen molar-refractivity contribution in [3.63, 3.8) is 0 Å². The van der Waals surface area contributed by atoms with Crippen molar-refractivity contribution in [3.05, 3.63) is 65.0 Å². The molecule has 0 amide bonds. The second-order valence-electron chi connectivity index (χ2n) is 12.8. The number of benzene rings is 2. The molecule has 2 aromatic heterocycles. The molecule has 9 heteroatoms. The summed E-state index contributed by atoms with van der Waals surface area (Å²) in [5.74, 6) is 0.411. The van der Waals surface area contributed by atoms with Crippen molar-refractivity contribution in [2.24, 2.45) is 10.2 Å². The molecule has 1 saturated heterocycles. The van der Waals surface area contributed by atoms with Gasteiger partial charge in [0, 0.05) is 21.6 Å². The molecular formula is C36H44N4O3S2. The quantitative estimate of drug-likeness (QED) is 0.0664. The summed E-state index contributed by atoms with van der Waals surface area (Å²) >= 11 is 2.99. The molecule has 45 heavy (non-hydrogen) atoms. The van der Waals surface area contributed by atoms with Crippen LogP contribution in [0.1, 0.15) is 90.0 Å². The molecule has 0 atom stereocenters. The third kappa shape index (κ3) is 8.00. The van der Waals surface area contributed by atoms with E-state index in [0.29, 0.717) is 17.3 Å². The van der Waals surface area contributed by atoms with E-state index in [1.807, 2.05) is 48.5 Å². The van der Waals surface area contributed by atoms with Crippen molar-refractivity contribution in [2.75, 3.05) is 18.6 Å². The van der Waals surface area contributed by atoms with E-state index in [-0.39, 0.29) is 17.0 Å². The summed E-state index contributed by atoms with van der Waals surface area (Å²) in [5, 5.41) is 9.51. The molecule has 0 bridgehead atoms. The van der Waals surface area contributed by atoms with Crippen LogP contribution < -0.4 is 9.64 Å². The van der Waals surface area contributed by atoms with Crippen LogP contribution in [0.2, 0.25) is 0 Å². The summed E-state index contributed by atoms with van der Waals surface area (Å²) in [6.45, 7) is 12.2. The molecule has 0 saturated carbocycles. The third-order valence-corrected chi connectivity index (χ3v) is 10.4. The van der Waals surface area contributed by atoms with E-state index in [4.69, 9.17) is 9.47 Å². The maximum atomic E-state index is 12.7. The van der Waals surface area contributed by atoms with Gasteiger partial charge in [0.05, 0.1) is 29.7 Å². The molecule has 0 spiro atoms. The highest BCUT2D eigenvalue weighted by Gasteiger charge is 2.41. The molecule has 238 valence electrons. The van der Waals surface area contributed by atoms with Gasteiger partial charge in [-0.05, 0) is 107 Å². The van der Waals surface area contributed by atoms with Crippen LogP contribution in [0.3, 0.4) is 0 Å². The topological polar surface area (TPSA) is 76.4 Å². The number of anilines is 1. The number of nitrogens with zero attached hydrogens (tertiary/aromatic N) is 4. The number of carbonyl (C=O) groups excluding carboxylic acids is 1. The molecule has 4 aromatic rings. The number of thiazole rings is 1. The summed E-state index contributed by atoms with van der Waals surface area (Å²) in [7, 11) is 1.40. The fourth-order valence-corrected chi connectivity index (χ4v) is 8.27. The van der Waals surface area contributed by atoms with Crippen molar-refractivity contribution < 1.29 is 14.3 Å². The van der Waals surface area contributed by atoms with Crippen LogP contribution in [0.25, 0.3) is 21.2 Å². The SMILES string of the molecule is CCCCCCOc1ccc(/C(=C/c2cc3sc(/N=N/c4ccc(N5C(C)(C)CCCC5(C)C)cc4)nc3s2)C(=O)OC)cc1. The van der Waals surface area contributed by atoms with Crippen molar-refractivity contribution >= 4 is 66.3 Å². The lowest BCUT2D eigenvalue weighted by Crippen LogP contribution is -2.58. The second kappa shape index (κ2) is 14.3. The highest BCUT2D eigenvalue weighted by molar-refractivity contribution is 7.29. The Morgan fingerprint density at radius 3 is 2.31 bits per heavy atom. The van der Waals surface area contributed by atoms with Crippen molar-refractivity contribution in [1.82, 2.24) is 4.98 Å². The summed E-state index contributed by atoms with van der Waals surface area (Å²) in [6, 6.07) is 18.0. The Balaban J connectivity index is 1.27. The molecular weight excluding hydrogens is 601 g/mol. The Morgan fingerprint density at radius 2 is 1.67 bits per heavy atom. The summed E-state index contributed by atoms with van der Waals surface area (Å²) in [6.07, 6.45) is 10.1. The predicted octanol–water partition coefficient (Wildman–Crippen LogP) is 11.0. The molecule has 5 rings (SSSR count). The van der Waals surface area contributed by atoms with Gasteiger partial charge < -0.3 is 14.4 Å². The molecule has 1 aliphatic heterocycles. The monoisotopic (exact) mass is 644 g/mol. The highest BCUT2D eigenvalue weighted by Crippen LogP contribution is 2.42. The van der Waals surface area contributed by atoms with Gasteiger partial charge in [-0.25, -0.2) is 9.78 Å². The zero-order chi connectivity index (χ0) is 32.0. The van der Waals surface area contributed by atoms with Gasteiger partial charge in [0.15, 0.2) is 0 Å². The van der Waals surface area contributed by atoms with Crippen LogP contribution in [0.5, 0.6) is 5.75 Å². The van der Waals surface area contributed by atoms with Crippen LogP contribution in [0, 0.1) is 0 Å². The van der Waals surface area contributed by atoms with Gasteiger partial charge >= 0.3 is 5.97 Å². The number of hydrogen-bond acceptors (Lipinski definition) is 9. The second-order valence-corrected chi connectivity index (χ2v) is 14.9. The van der Waals surface area contributed by atoms with Gasteiger partial charge in [0.1, 0.15) is 10.6 Å². The lowest BCUT2D eigenvalue weighted by atomic mass is 9.79. The molecule has 0 unspecified atom stereocenters. The Hall–Kier alpha value is -3.56. The van der Waals surface area contributed by atoms with Crippen molar-refractivity contribution in [3.8, 4) is 5.75 Å². The molecule has 2 aromatic carbocycles. The van der Waals surface area contributed by atoms with Gasteiger partial charge in [0.2, 0.25) is 5.13 Å². The predicted molar refractivity (Wildman–Crippen MR) is 189 cm³/mol. The number of carbonyl (C=O) groups is 1. The maximum absolute atomic E-state index is 12.7. The maximum Gasteiger partial charge on any atom is 0.338 e. The van der Waals surface area contributed by atoms with E-state index in [1.165, 1.54) is 74.0 Å². The number of ether oxygens (including phenoxy) is 2. The van der Waals surface area contributed by atoms with Gasteiger partial charge in [0.25, 0.3) is 0 Å². The van der Waals surface area contributed by atoms with E-state index >= 15 is 0 Å². The third-order valence-electron chi connectivity index (χ3n) is 8.37. The van der Waals surface area contributed by atoms with Gasteiger partial charge in [-0.1, -0.05) is 49.7 Å². The smallest absolute Gasteiger partial charge is 0.338 e. The largest absolute Gasteiger partial charge is 0.494 e. The molecule has 1 aliphatic rings. The zero-order valence-electron chi connectivity index (χ0n) is 27.3. The van der Waals surface area contributed by atoms with Crippen molar-refractivity contribution in [2.45, 2.75) is 90.6 Å². The van der Waals surface area contributed by atoms with E-state index in [9.17, 15) is 4.79 Å². The van der Waals surface area contributed by atoms with E-state index in [0.717, 1.165) is 37.8 Å². The first-order chi connectivity index (χ1) is 21.6. The number of fused-ring (bicyclic) bond motifs is 1. The van der Waals surface area contributed by atoms with E-state index in [1.54, 1.807) is 0 Å². The number of unbranched alkanes of at least 4 members (excludes halogenated alkanes) is 3. The fraction of sp³-hybridized carbons (Fsp3) is 0.444. The molecule has 0 N–H and O–H groups in total. The standard InChI is InChI=1S/C36H44N4O3S2/c1-7-8-9-10-22-43-28-18-12-25(13-19-28)30(33(41)42-6)23-29-24-31-32(44-29)37-34(45-31)39-38-26-14-16-27(17-15-26)40-35(2,3)20-11-21-36(40,4)5/h12-19,23-24H,7-11,20-22H2,1-6H3/b30-23-,39-38+. The molecule has 0 aliphatic carbocycles. The Bertz CT molecular complexity index is 1600. The lowest BCUT2D eigenvalue weighted by molar-refractivity contribution is -0.133. The molecule has 1 fully saturated rings. The average Bonchev–Trinajstić information content (AvgIpc) is 3.57. The van der Waals surface area contributed by atoms with Crippen LogP contribution in [-0.2, 0) is 9.53 Å². The summed E-state index contributed by atoms with van der Waals surface area (Å²) < 4.78 is 12.0. The Morgan fingerprint density at radius 1 is 0.956 bits per heavy atom. The fourth-order valence-electron chi connectivity index (χ4n) is 6.28. The van der Waals surface area contributed by atoms with Gasteiger partial charge in [-0.2, -0.15) is 0 Å². The van der Waals surface area contributed by atoms with Crippen LogP contribution in [-0.4, -0.2) is 35.7 Å². The Kier molecular flexibility index (Phi) is 10.4. The number of rotatable bonds is 12. The molecule has 7 nitrogen and oxygen atoms in total. The minimum absolute atomic E-state index is 0.107. The summed E-state index contributed by atoms with van der Waals surface area (Å²) in [4.78, 5) is 21.7. The summed E-state index contributed by atoms with van der Waals surface area (Å²) in [5.41, 5.74) is 3.49. The van der Waals surface area contributed by atoms with Gasteiger partial charge in [-0.15, -0.1) is 21.6 Å². The minimum atomic E-state index is -0.388. The van der Waals surface area contributed by atoms with Crippen LogP contribution in [0.15, 0.2) is 64.8 Å². The van der Waals surface area contributed by atoms with Crippen LogP contribution in [0.4, 0.5) is 16.5 Å². The lowest BCUT2D eigenvalue weighted by Gasteiger charge is -2.54. The first-order valence-corrected chi connectivity index (χ1v) is 17.5. The van der Waals surface area contributed by atoms with E-state index < -0.39 is 0 Å². The Labute approximate surface area is 275 Å². The highest BCUT2D eigenvalue weighted by atomic mass is 32.1. The number of methoxy groups -OCH3 is 1.